The predicted octanol–water partition coefficient (Wildman–Crippen LogP) is 1.73. The second-order valence-corrected chi connectivity index (χ2v) is 6.19. The van der Waals surface area contributed by atoms with E-state index in [-0.39, 0.29) is 24.5 Å². The van der Waals surface area contributed by atoms with Crippen molar-refractivity contribution in [3.8, 4) is 11.5 Å². The lowest BCUT2D eigenvalue weighted by molar-refractivity contribution is 0.0944. The summed E-state index contributed by atoms with van der Waals surface area (Å²) in [5, 5.41) is 14.0. The van der Waals surface area contributed by atoms with Gasteiger partial charge in [-0.15, -0.1) is 10.2 Å². The van der Waals surface area contributed by atoms with Gasteiger partial charge in [0.15, 0.2) is 17.2 Å². The molecule has 0 saturated carbocycles. The first-order chi connectivity index (χ1) is 12.8. The fourth-order valence-electron chi connectivity index (χ4n) is 2.90. The third-order valence-corrected chi connectivity index (χ3v) is 4.32. The van der Waals surface area contributed by atoms with E-state index in [0.717, 1.165) is 30.8 Å². The van der Waals surface area contributed by atoms with E-state index in [9.17, 15) is 4.79 Å². The number of nitrogens with one attached hydrogen (secondary N) is 2. The SMILES string of the molecule is O=C(NCc1ccc2c(c1)OCO2)c1ccc(NCC2CCCO2)nn1. The summed E-state index contributed by atoms with van der Waals surface area (Å²) in [6.07, 6.45) is 2.38. The van der Waals surface area contributed by atoms with E-state index in [2.05, 4.69) is 20.8 Å². The number of carbonyl (C=O) groups excluding carboxylic acids is 1. The summed E-state index contributed by atoms with van der Waals surface area (Å²) in [6.45, 7) is 2.12. The van der Waals surface area contributed by atoms with Gasteiger partial charge in [-0.2, -0.15) is 0 Å². The second kappa shape index (κ2) is 7.57. The van der Waals surface area contributed by atoms with Gasteiger partial charge in [0.2, 0.25) is 6.79 Å². The molecule has 3 heterocycles. The number of hydrogen-bond donors (Lipinski definition) is 2. The molecule has 136 valence electrons. The van der Waals surface area contributed by atoms with Crippen molar-refractivity contribution in [1.29, 1.82) is 0 Å². The summed E-state index contributed by atoms with van der Waals surface area (Å²) >= 11 is 0. The van der Waals surface area contributed by atoms with Crippen molar-refractivity contribution >= 4 is 11.7 Å². The van der Waals surface area contributed by atoms with Crippen LogP contribution in [0.1, 0.15) is 28.9 Å². The standard InChI is InChI=1S/C18H20N4O4/c23-18(20-9-12-3-5-15-16(8-12)26-11-25-15)14-4-6-17(22-21-14)19-10-13-2-1-7-24-13/h3-6,8,13H,1-2,7,9-11H2,(H,19,22)(H,20,23). The highest BCUT2D eigenvalue weighted by atomic mass is 16.7. The molecular weight excluding hydrogens is 336 g/mol. The molecule has 0 aliphatic carbocycles. The van der Waals surface area contributed by atoms with Crippen molar-refractivity contribution in [3.05, 3.63) is 41.6 Å². The number of rotatable bonds is 6. The Hall–Kier alpha value is -2.87. The predicted molar refractivity (Wildman–Crippen MR) is 93.2 cm³/mol. The molecule has 2 N–H and O–H groups in total. The summed E-state index contributed by atoms with van der Waals surface area (Å²) in [6, 6.07) is 8.97. The molecule has 1 saturated heterocycles. The first-order valence-electron chi connectivity index (χ1n) is 8.64. The first-order valence-corrected chi connectivity index (χ1v) is 8.64. The smallest absolute Gasteiger partial charge is 0.272 e. The molecule has 1 aromatic heterocycles. The zero-order valence-corrected chi connectivity index (χ0v) is 14.2. The van der Waals surface area contributed by atoms with Crippen molar-refractivity contribution < 1.29 is 19.0 Å². The molecule has 1 unspecified atom stereocenters. The normalized spacial score (nSPS) is 17.9. The van der Waals surface area contributed by atoms with E-state index in [4.69, 9.17) is 14.2 Å². The Morgan fingerprint density at radius 1 is 1.15 bits per heavy atom. The van der Waals surface area contributed by atoms with Crippen LogP contribution in [0.5, 0.6) is 11.5 Å². The van der Waals surface area contributed by atoms with Gasteiger partial charge in [-0.25, -0.2) is 0 Å². The van der Waals surface area contributed by atoms with Gasteiger partial charge < -0.3 is 24.8 Å². The topological polar surface area (TPSA) is 94.6 Å². The van der Waals surface area contributed by atoms with Crippen LogP contribution in [0.2, 0.25) is 0 Å². The Balaban J connectivity index is 1.28. The number of nitrogens with zero attached hydrogens (tertiary/aromatic N) is 2. The van der Waals surface area contributed by atoms with Gasteiger partial charge in [0, 0.05) is 19.7 Å². The van der Waals surface area contributed by atoms with E-state index in [1.165, 1.54) is 0 Å². The average molecular weight is 356 g/mol. The highest BCUT2D eigenvalue weighted by Gasteiger charge is 2.16. The lowest BCUT2D eigenvalue weighted by atomic mass is 10.2. The summed E-state index contributed by atoms with van der Waals surface area (Å²) < 4.78 is 16.1. The van der Waals surface area contributed by atoms with E-state index >= 15 is 0 Å². The molecule has 1 amide bonds. The Bertz CT molecular complexity index is 775. The zero-order valence-electron chi connectivity index (χ0n) is 14.2. The molecule has 1 fully saturated rings. The van der Waals surface area contributed by atoms with E-state index in [1.54, 1.807) is 12.1 Å². The molecule has 2 aliphatic rings. The van der Waals surface area contributed by atoms with Crippen molar-refractivity contribution in [3.63, 3.8) is 0 Å². The monoisotopic (exact) mass is 356 g/mol. The highest BCUT2D eigenvalue weighted by Crippen LogP contribution is 2.32. The van der Waals surface area contributed by atoms with Crippen LogP contribution in [0.4, 0.5) is 5.82 Å². The van der Waals surface area contributed by atoms with Crippen molar-refractivity contribution in [2.45, 2.75) is 25.5 Å². The summed E-state index contributed by atoms with van der Waals surface area (Å²) in [4.78, 5) is 12.2. The molecule has 1 atom stereocenters. The molecule has 0 spiro atoms. The van der Waals surface area contributed by atoms with Crippen molar-refractivity contribution in [2.75, 3.05) is 25.3 Å². The van der Waals surface area contributed by atoms with Crippen LogP contribution in [-0.2, 0) is 11.3 Å². The third kappa shape index (κ3) is 3.85. The number of amides is 1. The molecule has 4 rings (SSSR count). The van der Waals surface area contributed by atoms with Gasteiger partial charge in [0.25, 0.3) is 5.91 Å². The lowest BCUT2D eigenvalue weighted by Crippen LogP contribution is -2.24. The summed E-state index contributed by atoms with van der Waals surface area (Å²) in [5.41, 5.74) is 1.19. The van der Waals surface area contributed by atoms with Crippen molar-refractivity contribution in [2.24, 2.45) is 0 Å². The quantitative estimate of drug-likeness (QED) is 0.814. The number of benzene rings is 1. The number of hydrogen-bond acceptors (Lipinski definition) is 7. The fourth-order valence-corrected chi connectivity index (χ4v) is 2.90. The van der Waals surface area contributed by atoms with Gasteiger partial charge in [-0.05, 0) is 42.7 Å². The van der Waals surface area contributed by atoms with Crippen molar-refractivity contribution in [1.82, 2.24) is 15.5 Å². The molecule has 8 nitrogen and oxygen atoms in total. The fraction of sp³-hybridized carbons (Fsp3) is 0.389. The maximum atomic E-state index is 12.2. The molecule has 8 heteroatoms. The maximum absolute atomic E-state index is 12.2. The van der Waals surface area contributed by atoms with E-state index in [1.807, 2.05) is 18.2 Å². The van der Waals surface area contributed by atoms with Gasteiger partial charge in [0.05, 0.1) is 6.10 Å². The summed E-state index contributed by atoms with van der Waals surface area (Å²) in [5.74, 6) is 1.77. The zero-order chi connectivity index (χ0) is 17.8. The van der Waals surface area contributed by atoms with Crippen LogP contribution in [-0.4, -0.2) is 42.2 Å². The van der Waals surface area contributed by atoms with Gasteiger partial charge in [0.1, 0.15) is 5.82 Å². The molecule has 1 aromatic carbocycles. The number of carbonyl (C=O) groups is 1. The van der Waals surface area contributed by atoms with Crippen LogP contribution >= 0.6 is 0 Å². The molecule has 2 aliphatic heterocycles. The van der Waals surface area contributed by atoms with Gasteiger partial charge in [-0.3, -0.25) is 4.79 Å². The number of ether oxygens (including phenoxy) is 3. The van der Waals surface area contributed by atoms with Gasteiger partial charge in [-0.1, -0.05) is 6.07 Å². The summed E-state index contributed by atoms with van der Waals surface area (Å²) in [7, 11) is 0. The molecule has 2 aromatic rings. The number of aromatic nitrogens is 2. The Labute approximate surface area is 150 Å². The Morgan fingerprint density at radius 3 is 2.88 bits per heavy atom. The van der Waals surface area contributed by atoms with Crippen LogP contribution < -0.4 is 20.1 Å². The van der Waals surface area contributed by atoms with E-state index in [0.29, 0.717) is 24.7 Å². The Kier molecular flexibility index (Phi) is 4.83. The minimum Gasteiger partial charge on any atom is -0.454 e. The van der Waals surface area contributed by atoms with Crippen LogP contribution in [0.25, 0.3) is 0 Å². The number of fused-ring (bicyclic) bond motifs is 1. The first kappa shape index (κ1) is 16.6. The minimum absolute atomic E-state index is 0.224. The molecule has 0 bridgehead atoms. The second-order valence-electron chi connectivity index (χ2n) is 6.19. The highest BCUT2D eigenvalue weighted by molar-refractivity contribution is 5.92. The largest absolute Gasteiger partial charge is 0.454 e. The average Bonchev–Trinajstić information content (AvgIpc) is 3.36. The third-order valence-electron chi connectivity index (χ3n) is 4.32. The number of anilines is 1. The maximum Gasteiger partial charge on any atom is 0.272 e. The molecular formula is C18H20N4O4. The Morgan fingerprint density at radius 2 is 2.08 bits per heavy atom. The van der Waals surface area contributed by atoms with Crippen LogP contribution in [0, 0.1) is 0 Å². The minimum atomic E-state index is -0.277. The van der Waals surface area contributed by atoms with Crippen LogP contribution in [0.15, 0.2) is 30.3 Å². The lowest BCUT2D eigenvalue weighted by Gasteiger charge is -2.11. The molecule has 0 radical (unpaired) electrons. The van der Waals surface area contributed by atoms with Gasteiger partial charge >= 0.3 is 0 Å². The van der Waals surface area contributed by atoms with Crippen LogP contribution in [0.3, 0.4) is 0 Å². The van der Waals surface area contributed by atoms with E-state index < -0.39 is 0 Å². The molecule has 26 heavy (non-hydrogen) atoms.